The first-order valence-electron chi connectivity index (χ1n) is 10.4. The number of anilines is 1. The van der Waals surface area contributed by atoms with Crippen LogP contribution in [-0.2, 0) is 11.3 Å². The van der Waals surface area contributed by atoms with Crippen molar-refractivity contribution in [2.75, 3.05) is 43.5 Å². The Morgan fingerprint density at radius 2 is 2.12 bits per heavy atom. The number of carbonyl (C=O) groups is 1. The van der Waals surface area contributed by atoms with Gasteiger partial charge in [0.1, 0.15) is 5.82 Å². The van der Waals surface area contributed by atoms with Gasteiger partial charge < -0.3 is 15.0 Å². The molecule has 0 unspecified atom stereocenters. The molecule has 1 aliphatic rings. The molecule has 3 heterocycles. The van der Waals surface area contributed by atoms with Gasteiger partial charge in [0, 0.05) is 31.8 Å². The Balaban J connectivity index is 1.52. The molecule has 1 aliphatic heterocycles. The summed E-state index contributed by atoms with van der Waals surface area (Å²) in [4.78, 5) is 34.5. The first-order valence-corrected chi connectivity index (χ1v) is 11.8. The van der Waals surface area contributed by atoms with Crippen LogP contribution in [0.4, 0.5) is 11.5 Å². The van der Waals surface area contributed by atoms with E-state index in [1.165, 1.54) is 12.1 Å². The zero-order chi connectivity index (χ0) is 23.4. The zero-order valence-corrected chi connectivity index (χ0v) is 19.4. The monoisotopic (exact) mass is 491 g/mol. The number of non-ortho nitro benzene ring substituents is 1. The van der Waals surface area contributed by atoms with Crippen molar-refractivity contribution in [1.29, 1.82) is 0 Å². The summed E-state index contributed by atoms with van der Waals surface area (Å²) in [6.07, 6.45) is 1.74. The lowest BCUT2D eigenvalue weighted by molar-refractivity contribution is -0.384. The van der Waals surface area contributed by atoms with E-state index >= 15 is 0 Å². The van der Waals surface area contributed by atoms with E-state index in [0.717, 1.165) is 36.1 Å². The second-order valence-electron chi connectivity index (χ2n) is 7.14. The van der Waals surface area contributed by atoms with Gasteiger partial charge in [-0.25, -0.2) is 14.6 Å². The number of hydrogen-bond donors (Lipinski definition) is 1. The highest BCUT2D eigenvalue weighted by molar-refractivity contribution is 7.99. The van der Waals surface area contributed by atoms with Crippen LogP contribution in [0.5, 0.6) is 0 Å². The summed E-state index contributed by atoms with van der Waals surface area (Å²) in [5.41, 5.74) is 0.538. The molecule has 1 aromatic carbocycles. The molecule has 174 valence electrons. The minimum absolute atomic E-state index is 0.0507. The Morgan fingerprint density at radius 3 is 2.85 bits per heavy atom. The number of nitrogens with zero attached hydrogens (tertiary/aromatic N) is 6. The van der Waals surface area contributed by atoms with Gasteiger partial charge in [-0.3, -0.25) is 14.9 Å². The number of morpholine rings is 1. The number of nitro groups is 1. The quantitative estimate of drug-likeness (QED) is 0.219. The van der Waals surface area contributed by atoms with Crippen LogP contribution in [0.1, 0.15) is 17.3 Å². The number of ether oxygens (including phenoxy) is 1. The van der Waals surface area contributed by atoms with Crippen LogP contribution >= 0.6 is 23.4 Å². The van der Waals surface area contributed by atoms with E-state index in [0.29, 0.717) is 30.6 Å². The largest absolute Gasteiger partial charge is 0.378 e. The molecule has 13 heteroatoms. The number of rotatable bonds is 8. The molecule has 1 amide bonds. The van der Waals surface area contributed by atoms with Crippen molar-refractivity contribution in [2.24, 2.45) is 0 Å². The maximum atomic E-state index is 12.5. The van der Waals surface area contributed by atoms with Gasteiger partial charge >= 0.3 is 0 Å². The van der Waals surface area contributed by atoms with Gasteiger partial charge in [0.05, 0.1) is 46.9 Å². The third-order valence-electron chi connectivity index (χ3n) is 5.05. The van der Waals surface area contributed by atoms with Gasteiger partial charge in [-0.15, -0.1) is 0 Å². The number of benzene rings is 1. The lowest BCUT2D eigenvalue weighted by Gasteiger charge is -2.28. The summed E-state index contributed by atoms with van der Waals surface area (Å²) >= 11 is 7.61. The minimum atomic E-state index is -0.569. The van der Waals surface area contributed by atoms with E-state index in [-0.39, 0.29) is 22.8 Å². The van der Waals surface area contributed by atoms with E-state index in [2.05, 4.69) is 20.3 Å². The molecular formula is C20H22ClN7O4S. The third-order valence-corrected chi connectivity index (χ3v) is 6.11. The summed E-state index contributed by atoms with van der Waals surface area (Å²) in [6.45, 7) is 5.41. The molecule has 0 radical (unpaired) electrons. The highest BCUT2D eigenvalue weighted by Crippen LogP contribution is 2.28. The maximum absolute atomic E-state index is 12.5. The Bertz CT molecular complexity index is 1180. The second kappa shape index (κ2) is 10.3. The number of amides is 1. The van der Waals surface area contributed by atoms with Gasteiger partial charge in [0.15, 0.2) is 10.8 Å². The fourth-order valence-corrected chi connectivity index (χ4v) is 4.23. The molecule has 3 aromatic rings. The average Bonchev–Trinajstić information content (AvgIpc) is 3.22. The van der Waals surface area contributed by atoms with E-state index in [9.17, 15) is 14.9 Å². The number of nitro benzene ring substituents is 1. The Morgan fingerprint density at radius 1 is 1.33 bits per heavy atom. The average molecular weight is 492 g/mol. The Labute approximate surface area is 198 Å². The van der Waals surface area contributed by atoms with Crippen molar-refractivity contribution in [1.82, 2.24) is 25.1 Å². The molecule has 0 atom stereocenters. The van der Waals surface area contributed by atoms with Gasteiger partial charge in [0.2, 0.25) is 0 Å². The van der Waals surface area contributed by atoms with Crippen LogP contribution in [0.2, 0.25) is 5.02 Å². The van der Waals surface area contributed by atoms with E-state index in [4.69, 9.17) is 21.3 Å². The van der Waals surface area contributed by atoms with E-state index < -0.39 is 10.8 Å². The lowest BCUT2D eigenvalue weighted by Crippen LogP contribution is -2.37. The molecule has 1 fully saturated rings. The van der Waals surface area contributed by atoms with E-state index in [1.807, 2.05) is 6.92 Å². The standard InChI is InChI=1S/C20H22ClN7O4S/c1-2-33-20-24-17(26-7-9-32-10-8-26)15-12-23-27(18(15)25-20)6-5-22-19(29)14-11-13(28(30)31)3-4-16(14)21/h3-4,11-12H,2,5-10H2,1H3,(H,22,29). The highest BCUT2D eigenvalue weighted by Gasteiger charge is 2.20. The van der Waals surface area contributed by atoms with Crippen molar-refractivity contribution < 1.29 is 14.5 Å². The molecule has 1 saturated heterocycles. The van der Waals surface area contributed by atoms with Crippen LogP contribution in [-0.4, -0.2) is 69.2 Å². The minimum Gasteiger partial charge on any atom is -0.378 e. The molecular weight excluding hydrogens is 470 g/mol. The summed E-state index contributed by atoms with van der Waals surface area (Å²) in [5, 5.41) is 19.8. The van der Waals surface area contributed by atoms with Crippen LogP contribution in [0.25, 0.3) is 11.0 Å². The molecule has 2 aromatic heterocycles. The first kappa shape index (κ1) is 23.2. The number of fused-ring (bicyclic) bond motifs is 1. The van der Waals surface area contributed by atoms with Crippen LogP contribution < -0.4 is 10.2 Å². The van der Waals surface area contributed by atoms with Gasteiger partial charge in [-0.2, -0.15) is 5.10 Å². The first-order chi connectivity index (χ1) is 16.0. The maximum Gasteiger partial charge on any atom is 0.270 e. The van der Waals surface area contributed by atoms with E-state index in [1.54, 1.807) is 22.6 Å². The van der Waals surface area contributed by atoms with Gasteiger partial charge in [0.25, 0.3) is 11.6 Å². The predicted octanol–water partition coefficient (Wildman–Crippen LogP) is 2.77. The van der Waals surface area contributed by atoms with Crippen LogP contribution in [0.15, 0.2) is 29.6 Å². The SMILES string of the molecule is CCSc1nc(N2CCOCC2)c2cnn(CCNC(=O)c3cc([N+](=O)[O-])ccc3Cl)c2n1. The summed E-state index contributed by atoms with van der Waals surface area (Å²) in [6, 6.07) is 3.76. The number of aromatic nitrogens is 4. The van der Waals surface area contributed by atoms with Crippen molar-refractivity contribution in [3.05, 3.63) is 45.1 Å². The fraction of sp³-hybridized carbons (Fsp3) is 0.400. The van der Waals surface area contributed by atoms with Gasteiger partial charge in [-0.05, 0) is 11.8 Å². The molecule has 0 spiro atoms. The van der Waals surface area contributed by atoms with Crippen molar-refractivity contribution >= 4 is 51.8 Å². The number of hydrogen-bond acceptors (Lipinski definition) is 9. The van der Waals surface area contributed by atoms with Gasteiger partial charge in [-0.1, -0.05) is 30.3 Å². The molecule has 33 heavy (non-hydrogen) atoms. The molecule has 0 aliphatic carbocycles. The number of thioether (sulfide) groups is 1. The summed E-state index contributed by atoms with van der Waals surface area (Å²) in [5.74, 6) is 1.17. The van der Waals surface area contributed by atoms with Crippen LogP contribution in [0.3, 0.4) is 0 Å². The number of carbonyl (C=O) groups excluding carboxylic acids is 1. The number of halogens is 1. The third kappa shape index (κ3) is 5.18. The molecule has 4 rings (SSSR count). The smallest absolute Gasteiger partial charge is 0.270 e. The predicted molar refractivity (Wildman–Crippen MR) is 125 cm³/mol. The van der Waals surface area contributed by atoms with Crippen molar-refractivity contribution in [2.45, 2.75) is 18.6 Å². The Hall–Kier alpha value is -2.96. The number of nitrogens with one attached hydrogen (secondary N) is 1. The summed E-state index contributed by atoms with van der Waals surface area (Å²) in [7, 11) is 0. The molecule has 1 N–H and O–H groups in total. The van der Waals surface area contributed by atoms with Crippen molar-refractivity contribution in [3.8, 4) is 0 Å². The normalized spacial score (nSPS) is 13.9. The molecule has 11 nitrogen and oxygen atoms in total. The summed E-state index contributed by atoms with van der Waals surface area (Å²) < 4.78 is 7.18. The lowest BCUT2D eigenvalue weighted by atomic mass is 10.2. The molecule has 0 bridgehead atoms. The highest BCUT2D eigenvalue weighted by atomic mass is 35.5. The van der Waals surface area contributed by atoms with Crippen molar-refractivity contribution in [3.63, 3.8) is 0 Å². The zero-order valence-electron chi connectivity index (χ0n) is 17.9. The fourth-order valence-electron chi connectivity index (χ4n) is 3.47. The van der Waals surface area contributed by atoms with Crippen LogP contribution in [0, 0.1) is 10.1 Å². The second-order valence-corrected chi connectivity index (χ2v) is 8.78. The Kier molecular flexibility index (Phi) is 7.26. The molecule has 0 saturated carbocycles. The topological polar surface area (TPSA) is 128 Å².